The first kappa shape index (κ1) is 14.7. The SMILES string of the molecule is COc1cc(C(=N)N)ccc1OC1CCC(C)C(C)C1. The molecule has 110 valence electrons. The van der Waals surface area contributed by atoms with E-state index in [0.717, 1.165) is 24.5 Å². The standard InChI is InChI=1S/C16H24N2O2/c1-10-4-6-13(8-11(10)2)20-14-7-5-12(16(17)18)9-15(14)19-3/h5,7,9-11,13H,4,6,8H2,1-3H3,(H3,17,18). The molecule has 20 heavy (non-hydrogen) atoms. The zero-order valence-electron chi connectivity index (χ0n) is 12.5. The van der Waals surface area contributed by atoms with Crippen LogP contribution in [-0.4, -0.2) is 19.0 Å². The van der Waals surface area contributed by atoms with Crippen LogP contribution in [0.3, 0.4) is 0 Å². The molecule has 1 fully saturated rings. The van der Waals surface area contributed by atoms with Crippen LogP contribution in [0.25, 0.3) is 0 Å². The Bertz CT molecular complexity index is 487. The van der Waals surface area contributed by atoms with Gasteiger partial charge >= 0.3 is 0 Å². The third-order valence-electron chi connectivity index (χ3n) is 4.32. The molecular weight excluding hydrogens is 252 g/mol. The Morgan fingerprint density at radius 1 is 1.20 bits per heavy atom. The van der Waals surface area contributed by atoms with Gasteiger partial charge in [-0.05, 0) is 49.3 Å². The molecule has 1 aromatic rings. The minimum absolute atomic E-state index is 0.0370. The van der Waals surface area contributed by atoms with E-state index in [1.807, 2.05) is 6.07 Å². The van der Waals surface area contributed by atoms with Gasteiger partial charge in [0.1, 0.15) is 5.84 Å². The van der Waals surface area contributed by atoms with Gasteiger partial charge in [0.05, 0.1) is 13.2 Å². The molecule has 0 spiro atoms. The summed E-state index contributed by atoms with van der Waals surface area (Å²) in [5.41, 5.74) is 6.14. The fourth-order valence-electron chi connectivity index (χ4n) is 2.72. The summed E-state index contributed by atoms with van der Waals surface area (Å²) in [5.74, 6) is 2.89. The van der Waals surface area contributed by atoms with Crippen molar-refractivity contribution in [3.05, 3.63) is 23.8 Å². The molecule has 0 bridgehead atoms. The lowest BCUT2D eigenvalue weighted by Crippen LogP contribution is -2.28. The molecule has 2 rings (SSSR count). The normalized spacial score (nSPS) is 26.1. The van der Waals surface area contributed by atoms with Crippen molar-refractivity contribution in [3.63, 3.8) is 0 Å². The van der Waals surface area contributed by atoms with E-state index in [1.54, 1.807) is 19.2 Å². The number of rotatable bonds is 4. The zero-order valence-corrected chi connectivity index (χ0v) is 12.5. The molecule has 4 heteroatoms. The van der Waals surface area contributed by atoms with Crippen LogP contribution in [0.4, 0.5) is 0 Å². The number of nitrogen functional groups attached to an aromatic ring is 1. The van der Waals surface area contributed by atoms with Crippen molar-refractivity contribution in [1.82, 2.24) is 0 Å². The molecule has 0 aliphatic heterocycles. The molecule has 0 heterocycles. The first-order valence-electron chi connectivity index (χ1n) is 7.20. The number of hydrogen-bond donors (Lipinski definition) is 2. The molecule has 0 amide bonds. The molecule has 0 saturated heterocycles. The van der Waals surface area contributed by atoms with E-state index in [4.69, 9.17) is 20.6 Å². The number of hydrogen-bond acceptors (Lipinski definition) is 3. The molecule has 0 aromatic heterocycles. The Balaban J connectivity index is 2.11. The summed E-state index contributed by atoms with van der Waals surface area (Å²) in [4.78, 5) is 0. The smallest absolute Gasteiger partial charge is 0.161 e. The Kier molecular flexibility index (Phi) is 4.53. The highest BCUT2D eigenvalue weighted by molar-refractivity contribution is 5.95. The lowest BCUT2D eigenvalue weighted by Gasteiger charge is -2.32. The summed E-state index contributed by atoms with van der Waals surface area (Å²) in [7, 11) is 1.61. The third kappa shape index (κ3) is 3.24. The van der Waals surface area contributed by atoms with E-state index in [0.29, 0.717) is 17.2 Å². The highest BCUT2D eigenvalue weighted by Crippen LogP contribution is 2.35. The quantitative estimate of drug-likeness (QED) is 0.655. The second-order valence-electron chi connectivity index (χ2n) is 5.79. The lowest BCUT2D eigenvalue weighted by molar-refractivity contribution is 0.0977. The van der Waals surface area contributed by atoms with Crippen molar-refractivity contribution in [2.75, 3.05) is 7.11 Å². The molecule has 1 saturated carbocycles. The summed E-state index contributed by atoms with van der Waals surface area (Å²) < 4.78 is 11.4. The van der Waals surface area contributed by atoms with E-state index in [2.05, 4.69) is 13.8 Å². The number of nitrogens with one attached hydrogen (secondary N) is 1. The van der Waals surface area contributed by atoms with Crippen LogP contribution in [0.1, 0.15) is 38.7 Å². The maximum Gasteiger partial charge on any atom is 0.161 e. The summed E-state index contributed by atoms with van der Waals surface area (Å²) in [6.45, 7) is 4.60. The van der Waals surface area contributed by atoms with E-state index in [1.165, 1.54) is 6.42 Å². The molecule has 3 unspecified atom stereocenters. The van der Waals surface area contributed by atoms with Gasteiger partial charge in [-0.25, -0.2) is 0 Å². The van der Waals surface area contributed by atoms with Crippen molar-refractivity contribution in [3.8, 4) is 11.5 Å². The number of methoxy groups -OCH3 is 1. The van der Waals surface area contributed by atoms with Gasteiger partial charge in [0.25, 0.3) is 0 Å². The van der Waals surface area contributed by atoms with Crippen molar-refractivity contribution in [2.45, 2.75) is 39.2 Å². The number of nitrogens with two attached hydrogens (primary N) is 1. The molecule has 0 radical (unpaired) electrons. The van der Waals surface area contributed by atoms with Crippen LogP contribution in [0.15, 0.2) is 18.2 Å². The van der Waals surface area contributed by atoms with E-state index in [9.17, 15) is 0 Å². The number of ether oxygens (including phenoxy) is 2. The predicted octanol–water partition coefficient (Wildman–Crippen LogP) is 3.18. The van der Waals surface area contributed by atoms with Gasteiger partial charge in [-0.2, -0.15) is 0 Å². The Hall–Kier alpha value is -1.71. The van der Waals surface area contributed by atoms with Crippen LogP contribution in [0.2, 0.25) is 0 Å². The monoisotopic (exact) mass is 276 g/mol. The molecule has 4 nitrogen and oxygen atoms in total. The summed E-state index contributed by atoms with van der Waals surface area (Å²) in [6.07, 6.45) is 3.62. The molecule has 3 N–H and O–H groups in total. The Labute approximate surface area is 120 Å². The molecule has 1 aliphatic rings. The summed E-state index contributed by atoms with van der Waals surface area (Å²) in [5, 5.41) is 7.46. The van der Waals surface area contributed by atoms with Crippen LogP contribution >= 0.6 is 0 Å². The second-order valence-corrected chi connectivity index (χ2v) is 5.79. The van der Waals surface area contributed by atoms with Crippen molar-refractivity contribution in [1.29, 1.82) is 5.41 Å². The van der Waals surface area contributed by atoms with E-state index >= 15 is 0 Å². The van der Waals surface area contributed by atoms with Gasteiger partial charge in [-0.3, -0.25) is 5.41 Å². The average Bonchev–Trinajstić information content (AvgIpc) is 2.43. The number of amidine groups is 1. The average molecular weight is 276 g/mol. The maximum atomic E-state index is 7.46. The zero-order chi connectivity index (χ0) is 14.7. The molecule has 1 aromatic carbocycles. The topological polar surface area (TPSA) is 68.3 Å². The molecular formula is C16H24N2O2. The molecule has 1 aliphatic carbocycles. The summed E-state index contributed by atoms with van der Waals surface area (Å²) >= 11 is 0. The fourth-order valence-corrected chi connectivity index (χ4v) is 2.72. The first-order valence-corrected chi connectivity index (χ1v) is 7.20. The van der Waals surface area contributed by atoms with Gasteiger partial charge in [0.2, 0.25) is 0 Å². The van der Waals surface area contributed by atoms with E-state index in [-0.39, 0.29) is 11.9 Å². The highest BCUT2D eigenvalue weighted by Gasteiger charge is 2.26. The fraction of sp³-hybridized carbons (Fsp3) is 0.562. The van der Waals surface area contributed by atoms with Gasteiger partial charge in [0.15, 0.2) is 11.5 Å². The first-order chi connectivity index (χ1) is 9.51. The number of benzene rings is 1. The van der Waals surface area contributed by atoms with Gasteiger partial charge in [-0.1, -0.05) is 13.8 Å². The van der Waals surface area contributed by atoms with Crippen LogP contribution in [0.5, 0.6) is 11.5 Å². The van der Waals surface area contributed by atoms with Crippen LogP contribution < -0.4 is 15.2 Å². The Morgan fingerprint density at radius 3 is 2.55 bits per heavy atom. The highest BCUT2D eigenvalue weighted by atomic mass is 16.5. The van der Waals surface area contributed by atoms with E-state index < -0.39 is 0 Å². The summed E-state index contributed by atoms with van der Waals surface area (Å²) in [6, 6.07) is 5.40. The van der Waals surface area contributed by atoms with Gasteiger partial charge < -0.3 is 15.2 Å². The molecule has 3 atom stereocenters. The van der Waals surface area contributed by atoms with Crippen LogP contribution in [-0.2, 0) is 0 Å². The van der Waals surface area contributed by atoms with Crippen molar-refractivity contribution >= 4 is 5.84 Å². The largest absolute Gasteiger partial charge is 0.493 e. The maximum absolute atomic E-state index is 7.46. The van der Waals surface area contributed by atoms with Crippen molar-refractivity contribution < 1.29 is 9.47 Å². The lowest BCUT2D eigenvalue weighted by atomic mass is 9.80. The minimum atomic E-state index is 0.0370. The second kappa shape index (κ2) is 6.16. The van der Waals surface area contributed by atoms with Crippen molar-refractivity contribution in [2.24, 2.45) is 17.6 Å². The van der Waals surface area contributed by atoms with Crippen LogP contribution in [0, 0.1) is 17.2 Å². The predicted molar refractivity (Wildman–Crippen MR) is 80.6 cm³/mol. The third-order valence-corrected chi connectivity index (χ3v) is 4.32. The Morgan fingerprint density at radius 2 is 1.95 bits per heavy atom. The van der Waals surface area contributed by atoms with Gasteiger partial charge in [0, 0.05) is 5.56 Å². The van der Waals surface area contributed by atoms with Gasteiger partial charge in [-0.15, -0.1) is 0 Å². The minimum Gasteiger partial charge on any atom is -0.493 e.